The summed E-state index contributed by atoms with van der Waals surface area (Å²) in [4.78, 5) is 30.0. The van der Waals surface area contributed by atoms with Gasteiger partial charge in [-0.05, 0) is 42.3 Å². The van der Waals surface area contributed by atoms with Crippen molar-refractivity contribution < 1.29 is 9.18 Å². The van der Waals surface area contributed by atoms with Gasteiger partial charge in [0.2, 0.25) is 5.78 Å². The van der Waals surface area contributed by atoms with Gasteiger partial charge in [0.15, 0.2) is 5.82 Å². The Morgan fingerprint density at radius 3 is 2.73 bits per heavy atom. The Morgan fingerprint density at radius 1 is 1.14 bits per heavy atom. The van der Waals surface area contributed by atoms with Crippen molar-refractivity contribution >= 4 is 28.6 Å². The van der Waals surface area contributed by atoms with Crippen LogP contribution in [0.1, 0.15) is 16.2 Å². The van der Waals surface area contributed by atoms with E-state index in [-0.39, 0.29) is 28.1 Å². The fraction of sp³-hybridized carbons (Fsp3) is 0. The molecule has 0 spiro atoms. The molecule has 0 saturated carbocycles. The Labute approximate surface area is 127 Å². The van der Waals surface area contributed by atoms with Gasteiger partial charge in [0.1, 0.15) is 5.82 Å². The summed E-state index contributed by atoms with van der Waals surface area (Å²) >= 11 is 1.02. The van der Waals surface area contributed by atoms with Gasteiger partial charge < -0.3 is 0 Å². The average molecular weight is 313 g/mol. The fourth-order valence-electron chi connectivity index (χ4n) is 2.62. The summed E-state index contributed by atoms with van der Waals surface area (Å²) < 4.78 is 14.6. The SMILES string of the molecule is NSc1ccc2c(c1)C(=O)c1nc3cc(F)ccc3c(=O)n1-2. The highest BCUT2D eigenvalue weighted by atomic mass is 32.2. The van der Waals surface area contributed by atoms with Crippen LogP contribution in [0.15, 0.2) is 46.1 Å². The summed E-state index contributed by atoms with van der Waals surface area (Å²) in [6.45, 7) is 0. The maximum Gasteiger partial charge on any atom is 0.266 e. The molecule has 5 nitrogen and oxygen atoms in total. The van der Waals surface area contributed by atoms with Crippen LogP contribution >= 0.6 is 11.9 Å². The van der Waals surface area contributed by atoms with Crippen LogP contribution in [0.4, 0.5) is 4.39 Å². The lowest BCUT2D eigenvalue weighted by Crippen LogP contribution is -2.21. The topological polar surface area (TPSA) is 78.0 Å². The molecule has 7 heteroatoms. The van der Waals surface area contributed by atoms with Crippen LogP contribution in [0.2, 0.25) is 0 Å². The predicted molar refractivity (Wildman–Crippen MR) is 80.8 cm³/mol. The van der Waals surface area contributed by atoms with Crippen LogP contribution in [0.25, 0.3) is 16.6 Å². The Balaban J connectivity index is 2.11. The number of carbonyl (C=O) groups is 1. The van der Waals surface area contributed by atoms with E-state index in [0.29, 0.717) is 16.1 Å². The standard InChI is InChI=1S/C15H8FN3O2S/c16-7-1-3-9-11(5-7)18-14-13(20)10-6-8(22-17)2-4-12(10)19(14)15(9)21/h1-6H,17H2. The number of hydrogen-bond donors (Lipinski definition) is 1. The Bertz CT molecular complexity index is 1030. The van der Waals surface area contributed by atoms with Crippen molar-refractivity contribution in [1.82, 2.24) is 9.55 Å². The van der Waals surface area contributed by atoms with E-state index in [1.165, 1.54) is 16.7 Å². The molecule has 1 aliphatic rings. The molecule has 0 fully saturated rings. The molecule has 2 N–H and O–H groups in total. The second-order valence-electron chi connectivity index (χ2n) is 4.86. The lowest BCUT2D eigenvalue weighted by atomic mass is 10.1. The van der Waals surface area contributed by atoms with Crippen LogP contribution in [0.3, 0.4) is 0 Å². The number of aromatic nitrogens is 2. The number of ketones is 1. The number of halogens is 1. The summed E-state index contributed by atoms with van der Waals surface area (Å²) in [6.07, 6.45) is 0. The molecule has 0 amide bonds. The van der Waals surface area contributed by atoms with Crippen molar-refractivity contribution in [2.24, 2.45) is 5.14 Å². The molecule has 108 valence electrons. The molecule has 0 saturated heterocycles. The molecule has 22 heavy (non-hydrogen) atoms. The Kier molecular flexibility index (Phi) is 2.69. The number of carbonyl (C=O) groups excluding carboxylic acids is 1. The highest BCUT2D eigenvalue weighted by Gasteiger charge is 2.30. The number of nitrogens with two attached hydrogens (primary N) is 1. The summed E-state index contributed by atoms with van der Waals surface area (Å²) in [6, 6.07) is 8.74. The van der Waals surface area contributed by atoms with Crippen molar-refractivity contribution in [2.45, 2.75) is 4.90 Å². The molecule has 1 aromatic heterocycles. The summed E-state index contributed by atoms with van der Waals surface area (Å²) in [5, 5.41) is 5.77. The highest BCUT2D eigenvalue weighted by Crippen LogP contribution is 2.29. The Morgan fingerprint density at radius 2 is 1.95 bits per heavy atom. The minimum absolute atomic E-state index is 0.00253. The zero-order valence-corrected chi connectivity index (χ0v) is 11.9. The second-order valence-corrected chi connectivity index (χ2v) is 5.57. The van der Waals surface area contributed by atoms with E-state index in [1.54, 1.807) is 18.2 Å². The fourth-order valence-corrected chi connectivity index (χ4v) is 2.95. The third-order valence-electron chi connectivity index (χ3n) is 3.62. The molecular weight excluding hydrogens is 305 g/mol. The van der Waals surface area contributed by atoms with Crippen LogP contribution in [-0.2, 0) is 0 Å². The predicted octanol–water partition coefficient (Wildman–Crippen LogP) is 2.04. The van der Waals surface area contributed by atoms with Crippen LogP contribution < -0.4 is 10.7 Å². The lowest BCUT2D eigenvalue weighted by molar-refractivity contribution is 0.103. The molecule has 3 aromatic rings. The van der Waals surface area contributed by atoms with E-state index in [1.807, 2.05) is 0 Å². The van der Waals surface area contributed by atoms with Crippen molar-refractivity contribution in [1.29, 1.82) is 0 Å². The zero-order valence-electron chi connectivity index (χ0n) is 11.0. The first-order valence-corrected chi connectivity index (χ1v) is 7.26. The number of nitrogens with zero attached hydrogens (tertiary/aromatic N) is 2. The van der Waals surface area contributed by atoms with Gasteiger partial charge in [0.25, 0.3) is 5.56 Å². The van der Waals surface area contributed by atoms with Gasteiger partial charge in [-0.2, -0.15) is 0 Å². The summed E-state index contributed by atoms with van der Waals surface area (Å²) in [5.74, 6) is -0.874. The van der Waals surface area contributed by atoms with Gasteiger partial charge >= 0.3 is 0 Å². The largest absolute Gasteiger partial charge is 0.285 e. The van der Waals surface area contributed by atoms with E-state index < -0.39 is 5.82 Å². The van der Waals surface area contributed by atoms with Gasteiger partial charge in [0, 0.05) is 11.0 Å². The first kappa shape index (κ1) is 13.2. The third kappa shape index (κ3) is 1.66. The number of rotatable bonds is 1. The monoisotopic (exact) mass is 313 g/mol. The first-order valence-electron chi connectivity index (χ1n) is 6.38. The van der Waals surface area contributed by atoms with E-state index >= 15 is 0 Å². The third-order valence-corrected chi connectivity index (χ3v) is 4.15. The molecule has 4 rings (SSSR count). The smallest absolute Gasteiger partial charge is 0.266 e. The maximum atomic E-state index is 13.3. The van der Waals surface area contributed by atoms with Crippen LogP contribution in [0, 0.1) is 5.82 Å². The number of hydrogen-bond acceptors (Lipinski definition) is 5. The quantitative estimate of drug-likeness (QED) is 0.544. The van der Waals surface area contributed by atoms with Crippen molar-refractivity contribution in [3.8, 4) is 5.69 Å². The molecule has 2 aromatic carbocycles. The minimum atomic E-state index is -0.505. The molecule has 0 bridgehead atoms. The van der Waals surface area contributed by atoms with E-state index in [0.717, 1.165) is 18.0 Å². The van der Waals surface area contributed by atoms with E-state index in [9.17, 15) is 14.0 Å². The van der Waals surface area contributed by atoms with Crippen LogP contribution in [-0.4, -0.2) is 15.3 Å². The van der Waals surface area contributed by atoms with Gasteiger partial charge in [-0.15, -0.1) is 0 Å². The number of benzene rings is 2. The van der Waals surface area contributed by atoms with Gasteiger partial charge in [-0.3, -0.25) is 19.3 Å². The molecule has 1 aliphatic heterocycles. The second kappa shape index (κ2) is 4.49. The van der Waals surface area contributed by atoms with Crippen LogP contribution in [0.5, 0.6) is 0 Å². The van der Waals surface area contributed by atoms with E-state index in [4.69, 9.17) is 5.14 Å². The zero-order chi connectivity index (χ0) is 15.4. The summed E-state index contributed by atoms with van der Waals surface area (Å²) in [7, 11) is 0. The molecule has 2 heterocycles. The molecule has 0 aliphatic carbocycles. The highest BCUT2D eigenvalue weighted by molar-refractivity contribution is 7.97. The van der Waals surface area contributed by atoms with Crippen molar-refractivity contribution in [2.75, 3.05) is 0 Å². The van der Waals surface area contributed by atoms with Gasteiger partial charge in [0.05, 0.1) is 22.2 Å². The van der Waals surface area contributed by atoms with Crippen molar-refractivity contribution in [3.63, 3.8) is 0 Å². The summed E-state index contributed by atoms with van der Waals surface area (Å²) in [5.41, 5.74) is 0.628. The van der Waals surface area contributed by atoms with Crippen molar-refractivity contribution in [3.05, 3.63) is 64.0 Å². The molecular formula is C15H8FN3O2S. The Hall–Kier alpha value is -2.51. The first-order chi connectivity index (χ1) is 10.6. The van der Waals surface area contributed by atoms with E-state index in [2.05, 4.69) is 4.98 Å². The van der Waals surface area contributed by atoms with Gasteiger partial charge in [-0.1, -0.05) is 0 Å². The molecule has 0 atom stereocenters. The normalized spacial score (nSPS) is 12.5. The lowest BCUT2D eigenvalue weighted by Gasteiger charge is -2.05. The number of fused-ring (bicyclic) bond motifs is 4. The molecule has 0 radical (unpaired) electrons. The molecule has 0 unspecified atom stereocenters. The van der Waals surface area contributed by atoms with Gasteiger partial charge in [-0.25, -0.2) is 9.37 Å². The average Bonchev–Trinajstić information content (AvgIpc) is 2.80. The minimum Gasteiger partial charge on any atom is -0.285 e. The maximum absolute atomic E-state index is 13.3.